The molecule has 1 N–H and O–H groups in total. The average Bonchev–Trinajstić information content (AvgIpc) is 2.40. The molecule has 0 spiro atoms. The van der Waals surface area contributed by atoms with Crippen LogP contribution in [0.2, 0.25) is 10.3 Å². The summed E-state index contributed by atoms with van der Waals surface area (Å²) >= 11 is 11.6. The third kappa shape index (κ3) is 3.10. The number of nitrogens with one attached hydrogen (secondary N) is 1. The summed E-state index contributed by atoms with van der Waals surface area (Å²) in [5.74, 6) is 0.471. The summed E-state index contributed by atoms with van der Waals surface area (Å²) in [6.45, 7) is 0.503. The van der Waals surface area contributed by atoms with Gasteiger partial charge in [-0.1, -0.05) is 23.7 Å². The van der Waals surface area contributed by atoms with Crippen molar-refractivity contribution < 1.29 is 0 Å². The first-order valence-electron chi connectivity index (χ1n) is 5.10. The monoisotopic (exact) mass is 278 g/mol. The third-order valence-electron chi connectivity index (χ3n) is 2.23. The number of rotatable bonds is 3. The summed E-state index contributed by atoms with van der Waals surface area (Å²) in [6, 6.07) is 9.36. The lowest BCUT2D eigenvalue weighted by Gasteiger charge is -2.07. The van der Waals surface area contributed by atoms with Crippen LogP contribution in [0.4, 0.5) is 5.82 Å². The first kappa shape index (κ1) is 12.6. The van der Waals surface area contributed by atoms with Gasteiger partial charge in [-0.3, -0.25) is 0 Å². The molecule has 0 aliphatic rings. The van der Waals surface area contributed by atoms with Crippen LogP contribution in [0.1, 0.15) is 11.1 Å². The summed E-state index contributed by atoms with van der Waals surface area (Å²) < 4.78 is 0. The van der Waals surface area contributed by atoms with Crippen LogP contribution >= 0.6 is 23.2 Å². The zero-order valence-corrected chi connectivity index (χ0v) is 10.7. The Bertz CT molecular complexity index is 607. The number of hydrogen-bond acceptors (Lipinski definition) is 4. The van der Waals surface area contributed by atoms with Crippen LogP contribution in [0.25, 0.3) is 0 Å². The van der Waals surface area contributed by atoms with Gasteiger partial charge in [-0.25, -0.2) is 4.98 Å². The molecule has 0 atom stereocenters. The van der Waals surface area contributed by atoms with Crippen LogP contribution in [-0.4, -0.2) is 9.97 Å². The van der Waals surface area contributed by atoms with E-state index in [-0.39, 0.29) is 5.28 Å². The number of halogens is 2. The van der Waals surface area contributed by atoms with E-state index < -0.39 is 0 Å². The predicted octanol–water partition coefficient (Wildman–Crippen LogP) is 3.27. The molecule has 2 aromatic rings. The second-order valence-electron chi connectivity index (χ2n) is 3.50. The van der Waals surface area contributed by atoms with Crippen molar-refractivity contribution >= 4 is 29.0 Å². The Balaban J connectivity index is 2.11. The van der Waals surface area contributed by atoms with Crippen molar-refractivity contribution in [1.29, 1.82) is 5.26 Å². The summed E-state index contributed by atoms with van der Waals surface area (Å²) in [4.78, 5) is 7.74. The molecule has 2 rings (SSSR count). The fourth-order valence-corrected chi connectivity index (χ4v) is 1.70. The van der Waals surface area contributed by atoms with Gasteiger partial charge in [-0.15, -0.1) is 0 Å². The summed E-state index contributed by atoms with van der Waals surface area (Å²) in [5.41, 5.74) is 1.57. The van der Waals surface area contributed by atoms with Gasteiger partial charge in [0.05, 0.1) is 17.8 Å². The maximum Gasteiger partial charge on any atom is 0.224 e. The molecule has 0 amide bonds. The molecule has 6 heteroatoms. The predicted molar refractivity (Wildman–Crippen MR) is 70.5 cm³/mol. The molecular formula is C12H8Cl2N4. The quantitative estimate of drug-likeness (QED) is 0.876. The van der Waals surface area contributed by atoms with Gasteiger partial charge in [0.1, 0.15) is 10.8 Å². The minimum absolute atomic E-state index is 0.132. The average molecular weight is 279 g/mol. The van der Waals surface area contributed by atoms with Crippen molar-refractivity contribution in [1.82, 2.24) is 9.97 Å². The van der Waals surface area contributed by atoms with Gasteiger partial charge in [0.25, 0.3) is 0 Å². The first-order chi connectivity index (χ1) is 8.69. The molecule has 18 heavy (non-hydrogen) atoms. The Morgan fingerprint density at radius 2 is 2.17 bits per heavy atom. The molecule has 0 aliphatic heterocycles. The highest BCUT2D eigenvalue weighted by atomic mass is 35.5. The minimum Gasteiger partial charge on any atom is -0.365 e. The summed E-state index contributed by atoms with van der Waals surface area (Å²) in [7, 11) is 0. The lowest BCUT2D eigenvalue weighted by atomic mass is 10.1. The van der Waals surface area contributed by atoms with Crippen LogP contribution < -0.4 is 5.32 Å². The van der Waals surface area contributed by atoms with E-state index in [9.17, 15) is 0 Å². The van der Waals surface area contributed by atoms with Crippen molar-refractivity contribution in [3.8, 4) is 6.07 Å². The van der Waals surface area contributed by atoms with Gasteiger partial charge >= 0.3 is 0 Å². The standard InChI is InChI=1S/C12H8Cl2N4/c13-10-7-17-12(14)18-11(10)16-6-9-3-1-2-8(4-9)5-15/h1-4,7H,6H2,(H,16,17,18). The molecule has 0 radical (unpaired) electrons. The van der Waals surface area contributed by atoms with Crippen LogP contribution in [0.3, 0.4) is 0 Å². The second-order valence-corrected chi connectivity index (χ2v) is 4.25. The topological polar surface area (TPSA) is 61.6 Å². The van der Waals surface area contributed by atoms with Crippen molar-refractivity contribution in [2.75, 3.05) is 5.32 Å². The number of aromatic nitrogens is 2. The number of benzene rings is 1. The van der Waals surface area contributed by atoms with Crippen LogP contribution in [0, 0.1) is 11.3 Å². The van der Waals surface area contributed by atoms with E-state index in [1.54, 1.807) is 12.1 Å². The minimum atomic E-state index is 0.132. The molecule has 4 nitrogen and oxygen atoms in total. The fourth-order valence-electron chi connectivity index (χ4n) is 1.41. The van der Waals surface area contributed by atoms with E-state index in [4.69, 9.17) is 28.5 Å². The number of hydrogen-bond donors (Lipinski definition) is 1. The van der Waals surface area contributed by atoms with Gasteiger partial charge in [0.15, 0.2) is 0 Å². The van der Waals surface area contributed by atoms with E-state index in [1.165, 1.54) is 6.20 Å². The first-order valence-corrected chi connectivity index (χ1v) is 5.85. The molecule has 0 saturated carbocycles. The Labute approximate surface area is 114 Å². The third-order valence-corrected chi connectivity index (χ3v) is 2.69. The number of nitriles is 1. The maximum absolute atomic E-state index is 8.80. The van der Waals surface area contributed by atoms with Crippen molar-refractivity contribution in [3.63, 3.8) is 0 Å². The smallest absolute Gasteiger partial charge is 0.224 e. The molecule has 0 saturated heterocycles. The molecule has 0 fully saturated rings. The molecule has 1 heterocycles. The number of anilines is 1. The Kier molecular flexibility index (Phi) is 3.98. The van der Waals surface area contributed by atoms with Gasteiger partial charge in [0.2, 0.25) is 5.28 Å². The Morgan fingerprint density at radius 3 is 2.94 bits per heavy atom. The van der Waals surface area contributed by atoms with Gasteiger partial charge in [-0.2, -0.15) is 10.2 Å². The van der Waals surface area contributed by atoms with Crippen molar-refractivity contribution in [2.45, 2.75) is 6.54 Å². The highest BCUT2D eigenvalue weighted by Crippen LogP contribution is 2.20. The van der Waals surface area contributed by atoms with Gasteiger partial charge in [0, 0.05) is 6.54 Å². The van der Waals surface area contributed by atoms with E-state index >= 15 is 0 Å². The second kappa shape index (κ2) is 5.67. The summed E-state index contributed by atoms with van der Waals surface area (Å²) in [5, 5.41) is 12.4. The van der Waals surface area contributed by atoms with Crippen molar-refractivity contribution in [2.24, 2.45) is 0 Å². The molecule has 0 unspecified atom stereocenters. The molecule has 90 valence electrons. The van der Waals surface area contributed by atoms with Crippen molar-refractivity contribution in [3.05, 3.63) is 51.9 Å². The van der Waals surface area contributed by atoms with Crippen LogP contribution in [-0.2, 0) is 6.54 Å². The zero-order chi connectivity index (χ0) is 13.0. The van der Waals surface area contributed by atoms with Crippen LogP contribution in [0.5, 0.6) is 0 Å². The highest BCUT2D eigenvalue weighted by molar-refractivity contribution is 6.33. The zero-order valence-electron chi connectivity index (χ0n) is 9.19. The molecule has 0 bridgehead atoms. The largest absolute Gasteiger partial charge is 0.365 e. The maximum atomic E-state index is 8.80. The fraction of sp³-hybridized carbons (Fsp3) is 0.0833. The van der Waals surface area contributed by atoms with E-state index in [0.717, 1.165) is 5.56 Å². The van der Waals surface area contributed by atoms with E-state index in [1.807, 2.05) is 12.1 Å². The van der Waals surface area contributed by atoms with Gasteiger partial charge in [-0.05, 0) is 29.3 Å². The molecular weight excluding hydrogens is 271 g/mol. The SMILES string of the molecule is N#Cc1cccc(CNc2nc(Cl)ncc2Cl)c1. The Hall–Kier alpha value is -1.83. The molecule has 1 aromatic carbocycles. The van der Waals surface area contributed by atoms with Gasteiger partial charge < -0.3 is 5.32 Å². The van der Waals surface area contributed by atoms with Crippen LogP contribution in [0.15, 0.2) is 30.5 Å². The van der Waals surface area contributed by atoms with E-state index in [0.29, 0.717) is 22.9 Å². The lowest BCUT2D eigenvalue weighted by Crippen LogP contribution is -2.03. The van der Waals surface area contributed by atoms with E-state index in [2.05, 4.69) is 21.4 Å². The number of nitrogens with zero attached hydrogens (tertiary/aromatic N) is 3. The lowest BCUT2D eigenvalue weighted by molar-refractivity contribution is 1.08. The Morgan fingerprint density at radius 1 is 1.33 bits per heavy atom. The molecule has 0 aliphatic carbocycles. The summed E-state index contributed by atoms with van der Waals surface area (Å²) in [6.07, 6.45) is 1.44. The normalized spacial score (nSPS) is 9.83. The molecule has 1 aromatic heterocycles. The highest BCUT2D eigenvalue weighted by Gasteiger charge is 2.04.